The van der Waals surface area contributed by atoms with Gasteiger partial charge in [-0.2, -0.15) is 0 Å². The number of hydrogen-bond donors (Lipinski definition) is 2. The summed E-state index contributed by atoms with van der Waals surface area (Å²) in [6, 6.07) is 20.2. The molecular formula is C22H21ClN2O3. The predicted octanol–water partition coefficient (Wildman–Crippen LogP) is 5.28. The molecule has 6 heteroatoms. The van der Waals surface area contributed by atoms with Crippen LogP contribution in [0.25, 0.3) is 0 Å². The predicted molar refractivity (Wildman–Crippen MR) is 113 cm³/mol. The first-order chi connectivity index (χ1) is 13.6. The van der Waals surface area contributed by atoms with E-state index in [0.29, 0.717) is 10.8 Å². The highest BCUT2D eigenvalue weighted by atomic mass is 35.5. The van der Waals surface area contributed by atoms with E-state index in [1.807, 2.05) is 54.6 Å². The van der Waals surface area contributed by atoms with Gasteiger partial charge in [-0.05, 0) is 54.1 Å². The fourth-order valence-electron chi connectivity index (χ4n) is 2.70. The van der Waals surface area contributed by atoms with Gasteiger partial charge < -0.3 is 20.1 Å². The molecule has 0 aliphatic rings. The average molecular weight is 397 g/mol. The van der Waals surface area contributed by atoms with E-state index in [-0.39, 0.29) is 12.3 Å². The van der Waals surface area contributed by atoms with Crippen molar-refractivity contribution >= 4 is 34.6 Å². The third-order valence-electron chi connectivity index (χ3n) is 4.13. The molecule has 0 saturated carbocycles. The molecule has 0 aliphatic heterocycles. The van der Waals surface area contributed by atoms with E-state index in [0.717, 1.165) is 28.4 Å². The second kappa shape index (κ2) is 9.15. The van der Waals surface area contributed by atoms with Crippen LogP contribution in [0.2, 0.25) is 5.02 Å². The molecule has 3 aromatic rings. The Bertz CT molecular complexity index is 941. The van der Waals surface area contributed by atoms with Crippen molar-refractivity contribution in [3.63, 3.8) is 0 Å². The number of benzene rings is 3. The largest absolute Gasteiger partial charge is 0.497 e. The lowest BCUT2D eigenvalue weighted by atomic mass is 10.1. The van der Waals surface area contributed by atoms with E-state index in [1.165, 1.54) is 0 Å². The molecule has 28 heavy (non-hydrogen) atoms. The van der Waals surface area contributed by atoms with Crippen LogP contribution in [0.5, 0.6) is 11.5 Å². The summed E-state index contributed by atoms with van der Waals surface area (Å²) in [7, 11) is 3.24. The van der Waals surface area contributed by atoms with Gasteiger partial charge >= 0.3 is 0 Å². The molecule has 0 bridgehead atoms. The topological polar surface area (TPSA) is 59.6 Å². The summed E-state index contributed by atoms with van der Waals surface area (Å²) in [6.07, 6.45) is 0.290. The Kier molecular flexibility index (Phi) is 6.40. The highest BCUT2D eigenvalue weighted by Gasteiger charge is 2.07. The Morgan fingerprint density at radius 2 is 1.57 bits per heavy atom. The Morgan fingerprint density at radius 3 is 2.21 bits per heavy atom. The van der Waals surface area contributed by atoms with Gasteiger partial charge in [0.1, 0.15) is 11.5 Å². The second-order valence-electron chi connectivity index (χ2n) is 6.12. The number of rotatable bonds is 7. The summed E-state index contributed by atoms with van der Waals surface area (Å²) in [6.45, 7) is 0. The molecule has 0 saturated heterocycles. The lowest BCUT2D eigenvalue weighted by molar-refractivity contribution is -0.115. The van der Waals surface area contributed by atoms with Crippen molar-refractivity contribution < 1.29 is 14.3 Å². The number of carbonyl (C=O) groups is 1. The second-order valence-corrected chi connectivity index (χ2v) is 6.56. The van der Waals surface area contributed by atoms with E-state index in [2.05, 4.69) is 10.6 Å². The molecule has 0 heterocycles. The van der Waals surface area contributed by atoms with Gasteiger partial charge in [0.15, 0.2) is 0 Å². The highest BCUT2D eigenvalue weighted by molar-refractivity contribution is 6.30. The zero-order valence-electron chi connectivity index (χ0n) is 15.7. The molecule has 0 unspecified atom stereocenters. The van der Waals surface area contributed by atoms with Crippen molar-refractivity contribution in [1.29, 1.82) is 0 Å². The number of carbonyl (C=O) groups excluding carboxylic acids is 1. The number of amides is 1. The number of hydrogen-bond acceptors (Lipinski definition) is 4. The summed E-state index contributed by atoms with van der Waals surface area (Å²) < 4.78 is 10.6. The molecule has 3 aromatic carbocycles. The lowest BCUT2D eigenvalue weighted by Gasteiger charge is -2.13. The third kappa shape index (κ3) is 5.18. The van der Waals surface area contributed by atoms with Crippen LogP contribution >= 0.6 is 11.6 Å². The van der Waals surface area contributed by atoms with Gasteiger partial charge in [-0.25, -0.2) is 0 Å². The SMILES string of the molecule is COc1ccc(OC)c(Nc2ccc(NC(=O)Cc3ccc(Cl)cc3)cc2)c1. The number of ether oxygens (including phenoxy) is 2. The molecular weight excluding hydrogens is 376 g/mol. The van der Waals surface area contributed by atoms with Gasteiger partial charge in [0.25, 0.3) is 0 Å². The van der Waals surface area contributed by atoms with Gasteiger partial charge in [-0.1, -0.05) is 23.7 Å². The van der Waals surface area contributed by atoms with Crippen LogP contribution in [0.1, 0.15) is 5.56 Å². The number of nitrogens with one attached hydrogen (secondary N) is 2. The van der Waals surface area contributed by atoms with Crippen LogP contribution in [0.4, 0.5) is 17.1 Å². The minimum absolute atomic E-state index is 0.0857. The zero-order chi connectivity index (χ0) is 19.9. The Labute approximate surface area is 169 Å². The van der Waals surface area contributed by atoms with Crippen molar-refractivity contribution in [2.24, 2.45) is 0 Å². The summed E-state index contributed by atoms with van der Waals surface area (Å²) >= 11 is 5.87. The van der Waals surface area contributed by atoms with Crippen molar-refractivity contribution in [3.8, 4) is 11.5 Å². The number of methoxy groups -OCH3 is 2. The third-order valence-corrected chi connectivity index (χ3v) is 4.38. The van der Waals surface area contributed by atoms with Gasteiger partial charge in [-0.3, -0.25) is 4.79 Å². The van der Waals surface area contributed by atoms with Crippen LogP contribution in [-0.2, 0) is 11.2 Å². The summed E-state index contributed by atoms with van der Waals surface area (Å²) in [5.74, 6) is 1.35. The van der Waals surface area contributed by atoms with Crippen LogP contribution in [0, 0.1) is 0 Å². The molecule has 144 valence electrons. The molecule has 3 rings (SSSR count). The zero-order valence-corrected chi connectivity index (χ0v) is 16.4. The van der Waals surface area contributed by atoms with E-state index < -0.39 is 0 Å². The molecule has 2 N–H and O–H groups in total. The first kappa shape index (κ1) is 19.6. The molecule has 5 nitrogen and oxygen atoms in total. The van der Waals surface area contributed by atoms with Crippen molar-refractivity contribution in [3.05, 3.63) is 77.3 Å². The van der Waals surface area contributed by atoms with E-state index >= 15 is 0 Å². The minimum Gasteiger partial charge on any atom is -0.497 e. The molecule has 0 aliphatic carbocycles. The molecule has 0 fully saturated rings. The lowest BCUT2D eigenvalue weighted by Crippen LogP contribution is -2.14. The van der Waals surface area contributed by atoms with Crippen molar-refractivity contribution in [2.45, 2.75) is 6.42 Å². The minimum atomic E-state index is -0.0857. The first-order valence-electron chi connectivity index (χ1n) is 8.71. The highest BCUT2D eigenvalue weighted by Crippen LogP contribution is 2.31. The molecule has 0 spiro atoms. The Hall–Kier alpha value is -3.18. The average Bonchev–Trinajstić information content (AvgIpc) is 2.71. The normalized spacial score (nSPS) is 10.2. The maximum Gasteiger partial charge on any atom is 0.228 e. The monoisotopic (exact) mass is 396 g/mol. The van der Waals surface area contributed by atoms with Crippen LogP contribution in [0.3, 0.4) is 0 Å². The number of anilines is 3. The molecule has 0 radical (unpaired) electrons. The van der Waals surface area contributed by atoms with Crippen LogP contribution < -0.4 is 20.1 Å². The summed E-state index contributed by atoms with van der Waals surface area (Å²) in [5, 5.41) is 6.84. The quantitative estimate of drug-likeness (QED) is 0.570. The molecule has 0 atom stereocenters. The summed E-state index contributed by atoms with van der Waals surface area (Å²) in [5.41, 5.74) is 3.29. The summed E-state index contributed by atoms with van der Waals surface area (Å²) in [4.78, 5) is 12.2. The standard InChI is InChI=1S/C22H21ClN2O3/c1-27-19-11-12-21(28-2)20(14-19)24-17-7-9-18(10-8-17)25-22(26)13-15-3-5-16(23)6-4-15/h3-12,14,24H,13H2,1-2H3,(H,25,26). The van der Waals surface area contributed by atoms with Gasteiger partial charge in [0.2, 0.25) is 5.91 Å². The maximum absolute atomic E-state index is 12.2. The Morgan fingerprint density at radius 1 is 0.893 bits per heavy atom. The first-order valence-corrected chi connectivity index (χ1v) is 9.08. The van der Waals surface area contributed by atoms with Crippen molar-refractivity contribution in [1.82, 2.24) is 0 Å². The van der Waals surface area contributed by atoms with Crippen molar-refractivity contribution in [2.75, 3.05) is 24.9 Å². The van der Waals surface area contributed by atoms with Crippen LogP contribution in [-0.4, -0.2) is 20.1 Å². The fourth-order valence-corrected chi connectivity index (χ4v) is 2.82. The van der Waals surface area contributed by atoms with Gasteiger partial charge in [0, 0.05) is 22.5 Å². The molecule has 0 aromatic heterocycles. The fraction of sp³-hybridized carbons (Fsp3) is 0.136. The van der Waals surface area contributed by atoms with E-state index in [1.54, 1.807) is 26.4 Å². The van der Waals surface area contributed by atoms with E-state index in [4.69, 9.17) is 21.1 Å². The maximum atomic E-state index is 12.2. The van der Waals surface area contributed by atoms with Gasteiger partial charge in [0.05, 0.1) is 26.3 Å². The van der Waals surface area contributed by atoms with Crippen LogP contribution in [0.15, 0.2) is 66.7 Å². The number of halogens is 1. The smallest absolute Gasteiger partial charge is 0.228 e. The molecule has 1 amide bonds. The van der Waals surface area contributed by atoms with E-state index in [9.17, 15) is 4.79 Å². The Balaban J connectivity index is 1.63. The van der Waals surface area contributed by atoms with Gasteiger partial charge in [-0.15, -0.1) is 0 Å².